The van der Waals surface area contributed by atoms with Crippen molar-refractivity contribution in [2.75, 3.05) is 11.0 Å². The number of rotatable bonds is 4. The maximum absolute atomic E-state index is 11.3. The highest BCUT2D eigenvalue weighted by atomic mass is 32.2. The molecule has 3 aromatic heterocycles. The molecule has 0 fully saturated rings. The number of pyridine rings is 2. The number of hydrogen-bond donors (Lipinski definition) is 1. The molecule has 3 aromatic rings. The van der Waals surface area contributed by atoms with Gasteiger partial charge in [0, 0.05) is 18.0 Å². The molecule has 0 amide bonds. The molecule has 0 aliphatic rings. The van der Waals surface area contributed by atoms with E-state index in [1.165, 1.54) is 0 Å². The van der Waals surface area contributed by atoms with E-state index in [0.717, 1.165) is 17.5 Å². The third-order valence-corrected chi connectivity index (χ3v) is 3.41. The van der Waals surface area contributed by atoms with Crippen LogP contribution in [0.2, 0.25) is 0 Å². The molecule has 3 heterocycles. The fraction of sp³-hybridized carbons (Fsp3) is 0.0714. The molecule has 0 aliphatic heterocycles. The van der Waals surface area contributed by atoms with Crippen LogP contribution in [-0.4, -0.2) is 34.4 Å². The molecule has 7 nitrogen and oxygen atoms in total. The van der Waals surface area contributed by atoms with Crippen LogP contribution in [0.1, 0.15) is 0 Å². The monoisotopic (exact) mass is 315 g/mol. The van der Waals surface area contributed by atoms with Crippen LogP contribution in [0.15, 0.2) is 55.1 Å². The first-order chi connectivity index (χ1) is 10.5. The first kappa shape index (κ1) is 14.2. The Bertz CT molecular complexity index is 890. The van der Waals surface area contributed by atoms with Crippen LogP contribution in [-0.2, 0) is 10.0 Å². The van der Waals surface area contributed by atoms with E-state index in [2.05, 4.69) is 19.8 Å². The summed E-state index contributed by atoms with van der Waals surface area (Å²) in [5.41, 5.74) is 2.24. The fourth-order valence-electron chi connectivity index (χ4n) is 1.93. The Balaban J connectivity index is 1.92. The maximum atomic E-state index is 11.3. The van der Waals surface area contributed by atoms with Crippen molar-refractivity contribution < 1.29 is 8.42 Å². The summed E-state index contributed by atoms with van der Waals surface area (Å²) in [4.78, 5) is 8.32. The highest BCUT2D eigenvalue weighted by molar-refractivity contribution is 7.92. The molecule has 8 heteroatoms. The van der Waals surface area contributed by atoms with Gasteiger partial charge in [-0.15, -0.1) is 0 Å². The summed E-state index contributed by atoms with van der Waals surface area (Å²) in [6, 6.07) is 8.83. The SMILES string of the molecule is CS(=O)(=O)Nc1cccc(-c2cnn(-c3cccnc3)c2)n1. The van der Waals surface area contributed by atoms with Crippen molar-refractivity contribution >= 4 is 15.8 Å². The smallest absolute Gasteiger partial charge is 0.230 e. The van der Waals surface area contributed by atoms with Crippen LogP contribution in [0.25, 0.3) is 16.9 Å². The predicted molar refractivity (Wildman–Crippen MR) is 83.1 cm³/mol. The van der Waals surface area contributed by atoms with Crippen molar-refractivity contribution in [3.63, 3.8) is 0 Å². The summed E-state index contributed by atoms with van der Waals surface area (Å²) in [6.45, 7) is 0. The quantitative estimate of drug-likeness (QED) is 0.791. The first-order valence-electron chi connectivity index (χ1n) is 6.41. The van der Waals surface area contributed by atoms with Gasteiger partial charge in [0.15, 0.2) is 0 Å². The van der Waals surface area contributed by atoms with Crippen molar-refractivity contribution in [1.82, 2.24) is 19.7 Å². The van der Waals surface area contributed by atoms with Crippen molar-refractivity contribution in [2.24, 2.45) is 0 Å². The van der Waals surface area contributed by atoms with Crippen LogP contribution < -0.4 is 4.72 Å². The van der Waals surface area contributed by atoms with E-state index in [0.29, 0.717) is 5.69 Å². The molecule has 0 aliphatic carbocycles. The number of nitrogens with one attached hydrogen (secondary N) is 1. The second-order valence-electron chi connectivity index (χ2n) is 4.67. The Kier molecular flexibility index (Phi) is 3.60. The van der Waals surface area contributed by atoms with Crippen LogP contribution in [0.3, 0.4) is 0 Å². The predicted octanol–water partition coefficient (Wildman–Crippen LogP) is 1.70. The van der Waals surface area contributed by atoms with Gasteiger partial charge in [-0.05, 0) is 24.3 Å². The summed E-state index contributed by atoms with van der Waals surface area (Å²) < 4.78 is 26.6. The van der Waals surface area contributed by atoms with Gasteiger partial charge in [-0.3, -0.25) is 9.71 Å². The molecule has 3 rings (SSSR count). The summed E-state index contributed by atoms with van der Waals surface area (Å²) >= 11 is 0. The van der Waals surface area contributed by atoms with Gasteiger partial charge in [0.25, 0.3) is 0 Å². The average molecular weight is 315 g/mol. The lowest BCUT2D eigenvalue weighted by Gasteiger charge is -2.04. The minimum Gasteiger partial charge on any atom is -0.268 e. The average Bonchev–Trinajstić information content (AvgIpc) is 2.96. The third-order valence-electron chi connectivity index (χ3n) is 2.83. The van der Waals surface area contributed by atoms with E-state index in [1.807, 2.05) is 18.3 Å². The molecule has 1 N–H and O–H groups in total. The minimum atomic E-state index is -3.36. The minimum absolute atomic E-state index is 0.272. The Hall–Kier alpha value is -2.74. The van der Waals surface area contributed by atoms with E-state index in [1.54, 1.807) is 41.5 Å². The number of hydrogen-bond acceptors (Lipinski definition) is 5. The zero-order chi connectivity index (χ0) is 15.6. The fourth-order valence-corrected chi connectivity index (χ4v) is 2.42. The molecule has 0 unspecified atom stereocenters. The molecule has 0 radical (unpaired) electrons. The van der Waals surface area contributed by atoms with Gasteiger partial charge in [0.05, 0.1) is 30.0 Å². The Morgan fingerprint density at radius 3 is 2.73 bits per heavy atom. The number of aromatic nitrogens is 4. The summed E-state index contributed by atoms with van der Waals surface area (Å²) in [5.74, 6) is 0.272. The lowest BCUT2D eigenvalue weighted by atomic mass is 10.2. The van der Waals surface area contributed by atoms with E-state index in [-0.39, 0.29) is 5.82 Å². The highest BCUT2D eigenvalue weighted by Crippen LogP contribution is 2.19. The Morgan fingerprint density at radius 1 is 1.14 bits per heavy atom. The van der Waals surface area contributed by atoms with Gasteiger partial charge in [0.2, 0.25) is 10.0 Å². The molecule has 0 bridgehead atoms. The molecule has 0 saturated carbocycles. The normalized spacial score (nSPS) is 11.3. The van der Waals surface area contributed by atoms with E-state index in [9.17, 15) is 8.42 Å². The molecule has 0 atom stereocenters. The van der Waals surface area contributed by atoms with Gasteiger partial charge in [-0.1, -0.05) is 6.07 Å². The first-order valence-corrected chi connectivity index (χ1v) is 8.31. The summed E-state index contributed by atoms with van der Waals surface area (Å²) in [5, 5.41) is 4.27. The maximum Gasteiger partial charge on any atom is 0.230 e. The third kappa shape index (κ3) is 3.29. The molecular weight excluding hydrogens is 302 g/mol. The van der Waals surface area contributed by atoms with Crippen molar-refractivity contribution in [2.45, 2.75) is 0 Å². The van der Waals surface area contributed by atoms with Crippen LogP contribution in [0, 0.1) is 0 Å². The number of nitrogens with zero attached hydrogens (tertiary/aromatic N) is 4. The highest BCUT2D eigenvalue weighted by Gasteiger charge is 2.08. The zero-order valence-electron chi connectivity index (χ0n) is 11.7. The van der Waals surface area contributed by atoms with E-state index >= 15 is 0 Å². The van der Waals surface area contributed by atoms with Crippen molar-refractivity contribution in [3.05, 3.63) is 55.1 Å². The molecular formula is C14H13N5O2S. The van der Waals surface area contributed by atoms with Gasteiger partial charge < -0.3 is 0 Å². The van der Waals surface area contributed by atoms with Gasteiger partial charge in [-0.25, -0.2) is 18.1 Å². The van der Waals surface area contributed by atoms with E-state index < -0.39 is 10.0 Å². The molecule has 0 spiro atoms. The van der Waals surface area contributed by atoms with Gasteiger partial charge >= 0.3 is 0 Å². The summed E-state index contributed by atoms with van der Waals surface area (Å²) in [7, 11) is -3.36. The topological polar surface area (TPSA) is 89.8 Å². The molecule has 0 aromatic carbocycles. The molecule has 22 heavy (non-hydrogen) atoms. The number of anilines is 1. The van der Waals surface area contributed by atoms with E-state index in [4.69, 9.17) is 0 Å². The standard InChI is InChI=1S/C14H13N5O2S/c1-22(20,21)18-14-6-2-5-13(17-14)11-8-16-19(10-11)12-4-3-7-15-9-12/h2-10H,1H3,(H,17,18). The number of sulfonamides is 1. The van der Waals surface area contributed by atoms with Crippen molar-refractivity contribution in [3.8, 4) is 16.9 Å². The summed E-state index contributed by atoms with van der Waals surface area (Å²) in [6.07, 6.45) is 7.95. The van der Waals surface area contributed by atoms with Crippen LogP contribution >= 0.6 is 0 Å². The lowest BCUT2D eigenvalue weighted by Crippen LogP contribution is -2.10. The van der Waals surface area contributed by atoms with Crippen LogP contribution in [0.5, 0.6) is 0 Å². The Labute approximate surface area is 127 Å². The van der Waals surface area contributed by atoms with Crippen LogP contribution in [0.4, 0.5) is 5.82 Å². The largest absolute Gasteiger partial charge is 0.268 e. The van der Waals surface area contributed by atoms with Gasteiger partial charge in [-0.2, -0.15) is 5.10 Å². The second-order valence-corrected chi connectivity index (χ2v) is 6.42. The molecule has 112 valence electrons. The zero-order valence-corrected chi connectivity index (χ0v) is 12.5. The van der Waals surface area contributed by atoms with Gasteiger partial charge in [0.1, 0.15) is 5.82 Å². The lowest BCUT2D eigenvalue weighted by molar-refractivity contribution is 0.606. The second kappa shape index (κ2) is 5.57. The van der Waals surface area contributed by atoms with Crippen molar-refractivity contribution in [1.29, 1.82) is 0 Å². The Morgan fingerprint density at radius 2 is 2.00 bits per heavy atom. The molecule has 0 saturated heterocycles.